The van der Waals surface area contributed by atoms with Gasteiger partial charge in [0.2, 0.25) is 5.91 Å². The van der Waals surface area contributed by atoms with E-state index in [1.165, 1.54) is 29.7 Å². The third-order valence-corrected chi connectivity index (χ3v) is 6.16. The molecule has 5 rings (SSSR count). The second-order valence-electron chi connectivity index (χ2n) is 8.25. The van der Waals surface area contributed by atoms with Crippen molar-refractivity contribution in [1.29, 1.82) is 0 Å². The van der Waals surface area contributed by atoms with Crippen LogP contribution >= 0.6 is 0 Å². The average molecular weight is 365 g/mol. The van der Waals surface area contributed by atoms with Crippen LogP contribution in [0.5, 0.6) is 0 Å². The van der Waals surface area contributed by atoms with E-state index in [0.29, 0.717) is 19.4 Å². The zero-order valence-corrected chi connectivity index (χ0v) is 16.0. The molecule has 1 aliphatic carbocycles. The molecule has 0 saturated heterocycles. The first-order valence-electron chi connectivity index (χ1n) is 10.3. The summed E-state index contributed by atoms with van der Waals surface area (Å²) in [5.74, 6) is 1.00. The van der Waals surface area contributed by atoms with E-state index in [1.807, 2.05) is 11.0 Å². The van der Waals surface area contributed by atoms with Crippen LogP contribution in [0.15, 0.2) is 24.3 Å². The molecule has 1 aromatic carbocycles. The molecule has 5 nitrogen and oxygen atoms in total. The maximum Gasteiger partial charge on any atom is 0.227 e. The lowest BCUT2D eigenvalue weighted by Gasteiger charge is -2.22. The number of carbonyl (C=O) groups is 1. The number of hydrogen-bond donors (Lipinski definition) is 0. The van der Waals surface area contributed by atoms with E-state index in [-0.39, 0.29) is 11.9 Å². The molecule has 3 aliphatic rings. The molecule has 0 spiro atoms. The second-order valence-corrected chi connectivity index (χ2v) is 8.25. The molecule has 1 amide bonds. The summed E-state index contributed by atoms with van der Waals surface area (Å²) in [4.78, 5) is 15.0. The van der Waals surface area contributed by atoms with Crippen molar-refractivity contribution in [1.82, 2.24) is 9.78 Å². The fourth-order valence-electron chi connectivity index (χ4n) is 4.57. The Kier molecular flexibility index (Phi) is 4.27. The van der Waals surface area contributed by atoms with Crippen molar-refractivity contribution in [3.8, 4) is 0 Å². The summed E-state index contributed by atoms with van der Waals surface area (Å²) in [6.45, 7) is 4.60. The SMILES string of the molecule is CC1Cc2ccccc2N1C(=O)CCc1nn(CC2CC2)c2c1COCC2. The van der Waals surface area contributed by atoms with Gasteiger partial charge in [-0.25, -0.2) is 0 Å². The van der Waals surface area contributed by atoms with Crippen molar-refractivity contribution in [2.24, 2.45) is 5.92 Å². The normalized spacial score (nSPS) is 21.2. The highest BCUT2D eigenvalue weighted by molar-refractivity contribution is 5.96. The van der Waals surface area contributed by atoms with Gasteiger partial charge in [-0.1, -0.05) is 18.2 Å². The van der Waals surface area contributed by atoms with Gasteiger partial charge in [0.05, 0.1) is 18.9 Å². The number of nitrogens with zero attached hydrogens (tertiary/aromatic N) is 3. The molecule has 142 valence electrons. The highest BCUT2D eigenvalue weighted by atomic mass is 16.5. The molecule has 1 saturated carbocycles. The van der Waals surface area contributed by atoms with Crippen molar-refractivity contribution < 1.29 is 9.53 Å². The van der Waals surface area contributed by atoms with E-state index >= 15 is 0 Å². The number of anilines is 1. The molecule has 2 aliphatic heterocycles. The maximum absolute atomic E-state index is 13.0. The van der Waals surface area contributed by atoms with E-state index in [9.17, 15) is 4.79 Å². The first-order valence-corrected chi connectivity index (χ1v) is 10.3. The smallest absolute Gasteiger partial charge is 0.227 e. The molecule has 1 fully saturated rings. The largest absolute Gasteiger partial charge is 0.376 e. The van der Waals surface area contributed by atoms with E-state index in [0.717, 1.165) is 43.3 Å². The lowest BCUT2D eigenvalue weighted by atomic mass is 10.1. The first-order chi connectivity index (χ1) is 13.2. The van der Waals surface area contributed by atoms with Gasteiger partial charge in [0, 0.05) is 48.8 Å². The number of aromatic nitrogens is 2. The summed E-state index contributed by atoms with van der Waals surface area (Å²) in [7, 11) is 0. The van der Waals surface area contributed by atoms with Crippen LogP contribution in [0, 0.1) is 5.92 Å². The average Bonchev–Trinajstić information content (AvgIpc) is 3.33. The predicted octanol–water partition coefficient (Wildman–Crippen LogP) is 3.28. The number of aryl methyl sites for hydroxylation is 1. The Balaban J connectivity index is 1.33. The van der Waals surface area contributed by atoms with E-state index in [4.69, 9.17) is 9.84 Å². The van der Waals surface area contributed by atoms with Gasteiger partial charge in [-0.2, -0.15) is 5.10 Å². The number of carbonyl (C=O) groups excluding carboxylic acids is 1. The summed E-state index contributed by atoms with van der Waals surface area (Å²) in [5, 5.41) is 4.90. The monoisotopic (exact) mass is 365 g/mol. The molecule has 27 heavy (non-hydrogen) atoms. The molecular formula is C22H27N3O2. The summed E-state index contributed by atoms with van der Waals surface area (Å²) < 4.78 is 7.90. The van der Waals surface area contributed by atoms with Gasteiger partial charge in [-0.15, -0.1) is 0 Å². The first kappa shape index (κ1) is 17.0. The van der Waals surface area contributed by atoms with E-state index in [2.05, 4.69) is 29.8 Å². The van der Waals surface area contributed by atoms with E-state index < -0.39 is 0 Å². The molecule has 1 unspecified atom stereocenters. The van der Waals surface area contributed by atoms with Gasteiger partial charge in [0.1, 0.15) is 0 Å². The van der Waals surface area contributed by atoms with Crippen molar-refractivity contribution in [2.75, 3.05) is 11.5 Å². The summed E-state index contributed by atoms with van der Waals surface area (Å²) in [6.07, 6.45) is 5.75. The highest BCUT2D eigenvalue weighted by Gasteiger charge is 2.31. The van der Waals surface area contributed by atoms with Gasteiger partial charge in [0.15, 0.2) is 0 Å². The van der Waals surface area contributed by atoms with Gasteiger partial charge < -0.3 is 9.64 Å². The Morgan fingerprint density at radius 3 is 3.00 bits per heavy atom. The minimum Gasteiger partial charge on any atom is -0.376 e. The van der Waals surface area contributed by atoms with Gasteiger partial charge in [-0.05, 0) is 43.7 Å². The quantitative estimate of drug-likeness (QED) is 0.817. The zero-order chi connectivity index (χ0) is 18.4. The van der Waals surface area contributed by atoms with Crippen molar-refractivity contribution in [2.45, 2.75) is 64.6 Å². The number of rotatable bonds is 5. The minimum absolute atomic E-state index is 0.203. The van der Waals surface area contributed by atoms with Crippen LogP contribution in [-0.4, -0.2) is 28.3 Å². The number of amides is 1. The van der Waals surface area contributed by atoms with Crippen LogP contribution in [0.25, 0.3) is 0 Å². The van der Waals surface area contributed by atoms with Gasteiger partial charge in [0.25, 0.3) is 0 Å². The van der Waals surface area contributed by atoms with Gasteiger partial charge >= 0.3 is 0 Å². The molecule has 1 aromatic heterocycles. The third kappa shape index (κ3) is 3.18. The van der Waals surface area contributed by atoms with Crippen LogP contribution in [0.4, 0.5) is 5.69 Å². The zero-order valence-electron chi connectivity index (χ0n) is 16.0. The molecule has 3 heterocycles. The number of benzene rings is 1. The predicted molar refractivity (Wildman–Crippen MR) is 104 cm³/mol. The standard InChI is InChI=1S/C22H27N3O2/c1-15-12-17-4-2-3-5-20(17)25(15)22(26)9-8-19-18-14-27-11-10-21(18)24(23-19)13-16-6-7-16/h2-5,15-16H,6-14H2,1H3. The summed E-state index contributed by atoms with van der Waals surface area (Å²) >= 11 is 0. The Bertz CT molecular complexity index is 868. The van der Waals surface area contributed by atoms with Crippen molar-refractivity contribution in [3.05, 3.63) is 46.8 Å². The lowest BCUT2D eigenvalue weighted by Crippen LogP contribution is -2.35. The fourth-order valence-corrected chi connectivity index (χ4v) is 4.57. The minimum atomic E-state index is 0.203. The molecule has 2 aromatic rings. The van der Waals surface area contributed by atoms with E-state index in [1.54, 1.807) is 0 Å². The Morgan fingerprint density at radius 2 is 2.15 bits per heavy atom. The Morgan fingerprint density at radius 1 is 1.30 bits per heavy atom. The number of ether oxygens (including phenoxy) is 1. The third-order valence-electron chi connectivity index (χ3n) is 6.16. The number of fused-ring (bicyclic) bond motifs is 2. The summed E-state index contributed by atoms with van der Waals surface area (Å²) in [6, 6.07) is 8.51. The number of para-hydroxylation sites is 1. The Hall–Kier alpha value is -2.14. The molecule has 5 heteroatoms. The van der Waals surface area contributed by atoms with Crippen molar-refractivity contribution in [3.63, 3.8) is 0 Å². The molecular weight excluding hydrogens is 338 g/mol. The van der Waals surface area contributed by atoms with Crippen LogP contribution in [-0.2, 0) is 41.9 Å². The Labute approximate surface area is 160 Å². The molecule has 0 radical (unpaired) electrons. The van der Waals surface area contributed by atoms with Crippen LogP contribution in [0.2, 0.25) is 0 Å². The molecule has 0 N–H and O–H groups in total. The van der Waals surface area contributed by atoms with Crippen LogP contribution < -0.4 is 4.90 Å². The maximum atomic E-state index is 13.0. The van der Waals surface area contributed by atoms with Crippen LogP contribution in [0.1, 0.15) is 48.7 Å². The van der Waals surface area contributed by atoms with Gasteiger partial charge in [-0.3, -0.25) is 9.48 Å². The number of hydrogen-bond acceptors (Lipinski definition) is 3. The van der Waals surface area contributed by atoms with Crippen LogP contribution in [0.3, 0.4) is 0 Å². The molecule has 0 bridgehead atoms. The molecule has 1 atom stereocenters. The lowest BCUT2D eigenvalue weighted by molar-refractivity contribution is -0.118. The topological polar surface area (TPSA) is 47.4 Å². The summed E-state index contributed by atoms with van der Waals surface area (Å²) in [5.41, 5.74) is 6.01. The highest BCUT2D eigenvalue weighted by Crippen LogP contribution is 2.34. The fraction of sp³-hybridized carbons (Fsp3) is 0.545. The second kappa shape index (κ2) is 6.79. The van der Waals surface area contributed by atoms with Crippen molar-refractivity contribution >= 4 is 11.6 Å².